The van der Waals surface area contributed by atoms with Gasteiger partial charge in [0.2, 0.25) is 5.82 Å². The molecule has 0 saturated carbocycles. The Bertz CT molecular complexity index is 2130. The average molecular weight is 673 g/mol. The molecule has 0 radical (unpaired) electrons. The van der Waals surface area contributed by atoms with Gasteiger partial charge in [-0.05, 0) is 51.9 Å². The first-order chi connectivity index (χ1) is 25.0. The van der Waals surface area contributed by atoms with Crippen LogP contribution in [0.25, 0.3) is 22.5 Å². The Morgan fingerprint density at radius 2 is 1.25 bits per heavy atom. The van der Waals surface area contributed by atoms with Crippen LogP contribution >= 0.6 is 0 Å². The Hall–Kier alpha value is -6.15. The zero-order valence-electron chi connectivity index (χ0n) is 29.1. The van der Waals surface area contributed by atoms with Crippen LogP contribution in [0, 0.1) is 6.92 Å². The Balaban J connectivity index is 1.27. The molecule has 0 atom stereocenters. The molecular weight excluding hydrogens is 633 g/mol. The van der Waals surface area contributed by atoms with Gasteiger partial charge in [0.1, 0.15) is 5.56 Å². The van der Waals surface area contributed by atoms with Gasteiger partial charge in [0.25, 0.3) is 0 Å². The van der Waals surface area contributed by atoms with Gasteiger partial charge in [-0.1, -0.05) is 153 Å². The summed E-state index contributed by atoms with van der Waals surface area (Å²) in [4.78, 5) is 14.5. The van der Waals surface area contributed by atoms with E-state index in [1.165, 1.54) is 7.11 Å². The zero-order valence-corrected chi connectivity index (χ0v) is 29.1. The molecule has 0 N–H and O–H groups in total. The molecule has 0 spiro atoms. The number of aromatic nitrogens is 6. The van der Waals surface area contributed by atoms with Crippen molar-refractivity contribution >= 4 is 5.97 Å². The SMILES string of the molecule is CCCCn1nc(C)c(C(=O)OC)c1Cc1ccc(-c2ccccc2-c2nnn(C(c3ccccc3)(c3ccccc3)c3ccccc3)n2)cc1. The van der Waals surface area contributed by atoms with Crippen LogP contribution in [0.15, 0.2) is 140 Å². The molecule has 2 aromatic heterocycles. The Morgan fingerprint density at radius 1 is 0.706 bits per heavy atom. The molecule has 0 aliphatic heterocycles. The number of benzene rings is 5. The van der Waals surface area contributed by atoms with Gasteiger partial charge < -0.3 is 4.74 Å². The highest BCUT2D eigenvalue weighted by molar-refractivity contribution is 5.92. The predicted molar refractivity (Wildman–Crippen MR) is 199 cm³/mol. The maximum atomic E-state index is 12.8. The molecule has 7 aromatic rings. The van der Waals surface area contributed by atoms with Gasteiger partial charge >= 0.3 is 5.97 Å². The molecule has 0 aliphatic rings. The maximum Gasteiger partial charge on any atom is 0.341 e. The van der Waals surface area contributed by atoms with Crippen molar-refractivity contribution in [1.29, 1.82) is 0 Å². The van der Waals surface area contributed by atoms with Crippen LogP contribution in [0.1, 0.15) is 63.8 Å². The lowest BCUT2D eigenvalue weighted by atomic mass is 9.77. The first-order valence-corrected chi connectivity index (χ1v) is 17.3. The third-order valence-corrected chi connectivity index (χ3v) is 9.44. The van der Waals surface area contributed by atoms with Crippen molar-refractivity contribution < 1.29 is 9.53 Å². The molecule has 254 valence electrons. The van der Waals surface area contributed by atoms with E-state index in [-0.39, 0.29) is 5.97 Å². The van der Waals surface area contributed by atoms with Crippen molar-refractivity contribution in [3.63, 3.8) is 0 Å². The number of nitrogens with zero attached hydrogens (tertiary/aromatic N) is 6. The molecule has 8 heteroatoms. The normalized spacial score (nSPS) is 11.4. The van der Waals surface area contributed by atoms with E-state index in [1.54, 1.807) is 4.80 Å². The molecule has 5 aromatic carbocycles. The molecule has 0 bridgehead atoms. The minimum Gasteiger partial charge on any atom is -0.465 e. The number of carbonyl (C=O) groups is 1. The highest BCUT2D eigenvalue weighted by Gasteiger charge is 2.41. The number of rotatable bonds is 12. The number of aryl methyl sites for hydroxylation is 2. The van der Waals surface area contributed by atoms with E-state index in [9.17, 15) is 4.79 Å². The number of tetrazole rings is 1. The molecule has 7 rings (SSSR count). The van der Waals surface area contributed by atoms with Crippen molar-refractivity contribution in [3.05, 3.63) is 179 Å². The molecule has 0 saturated heterocycles. The summed E-state index contributed by atoms with van der Waals surface area (Å²) in [6.45, 7) is 4.77. The van der Waals surface area contributed by atoms with E-state index in [0.717, 1.165) is 64.0 Å². The highest BCUT2D eigenvalue weighted by atomic mass is 16.5. The number of esters is 1. The Morgan fingerprint density at radius 3 is 1.80 bits per heavy atom. The van der Waals surface area contributed by atoms with Crippen LogP contribution in [-0.2, 0) is 23.2 Å². The lowest BCUT2D eigenvalue weighted by Crippen LogP contribution is -2.39. The number of carbonyl (C=O) groups excluding carboxylic acids is 1. The lowest BCUT2D eigenvalue weighted by molar-refractivity contribution is 0.0598. The fourth-order valence-corrected chi connectivity index (χ4v) is 6.94. The topological polar surface area (TPSA) is 87.7 Å². The molecule has 0 aliphatic carbocycles. The first kappa shape index (κ1) is 33.4. The molecule has 2 heterocycles. The third kappa shape index (κ3) is 6.36. The van der Waals surface area contributed by atoms with Gasteiger partial charge in [-0.2, -0.15) is 5.10 Å². The van der Waals surface area contributed by atoms with Crippen LogP contribution in [0.3, 0.4) is 0 Å². The second kappa shape index (κ2) is 14.8. The van der Waals surface area contributed by atoms with Crippen molar-refractivity contribution in [1.82, 2.24) is 30.0 Å². The van der Waals surface area contributed by atoms with Crippen LogP contribution in [0.2, 0.25) is 0 Å². The van der Waals surface area contributed by atoms with E-state index in [0.29, 0.717) is 23.5 Å². The summed E-state index contributed by atoms with van der Waals surface area (Å²) in [6.07, 6.45) is 2.58. The highest BCUT2D eigenvalue weighted by Crippen LogP contribution is 2.40. The summed E-state index contributed by atoms with van der Waals surface area (Å²) in [5, 5.41) is 19.3. The molecule has 51 heavy (non-hydrogen) atoms. The van der Waals surface area contributed by atoms with E-state index in [4.69, 9.17) is 25.2 Å². The number of ether oxygens (including phenoxy) is 1. The van der Waals surface area contributed by atoms with Gasteiger partial charge in [-0.15, -0.1) is 15.0 Å². The second-order valence-corrected chi connectivity index (χ2v) is 12.6. The zero-order chi connectivity index (χ0) is 35.2. The van der Waals surface area contributed by atoms with E-state index in [1.807, 2.05) is 84.4 Å². The van der Waals surface area contributed by atoms with Crippen molar-refractivity contribution in [2.75, 3.05) is 7.11 Å². The van der Waals surface area contributed by atoms with E-state index in [2.05, 4.69) is 73.7 Å². The van der Waals surface area contributed by atoms with Crippen LogP contribution < -0.4 is 0 Å². The summed E-state index contributed by atoms with van der Waals surface area (Å²) in [5.41, 5.74) is 8.29. The van der Waals surface area contributed by atoms with E-state index < -0.39 is 5.54 Å². The number of methoxy groups -OCH3 is 1. The monoisotopic (exact) mass is 672 g/mol. The standard InChI is InChI=1S/C43H40N6O2/c1-4-5-29-48-39(40(31(2)45-48)42(50)51-3)30-32-25-27-33(28-26-32)37-23-15-16-24-38(37)41-44-47-49(46-41)43(34-17-9-6-10-18-34,35-19-11-7-12-20-35)36-21-13-8-14-22-36/h6-28H,4-5,29-30H2,1-3H3. The minimum atomic E-state index is -0.864. The molecule has 8 nitrogen and oxygen atoms in total. The Labute approximate surface area is 298 Å². The quantitative estimate of drug-likeness (QED) is 0.0955. The summed E-state index contributed by atoms with van der Waals surface area (Å²) in [7, 11) is 1.42. The van der Waals surface area contributed by atoms with Gasteiger partial charge in [-0.3, -0.25) is 4.68 Å². The summed E-state index contributed by atoms with van der Waals surface area (Å²) in [5.74, 6) is 0.173. The van der Waals surface area contributed by atoms with Gasteiger partial charge in [0.15, 0.2) is 5.54 Å². The fraction of sp³-hybridized carbons (Fsp3) is 0.186. The van der Waals surface area contributed by atoms with Crippen LogP contribution in [0.4, 0.5) is 0 Å². The van der Waals surface area contributed by atoms with Crippen molar-refractivity contribution in [2.24, 2.45) is 0 Å². The van der Waals surface area contributed by atoms with Crippen molar-refractivity contribution in [3.8, 4) is 22.5 Å². The van der Waals surface area contributed by atoms with Crippen LogP contribution in [-0.4, -0.2) is 43.1 Å². The van der Waals surface area contributed by atoms with Gasteiger partial charge in [0, 0.05) is 18.5 Å². The second-order valence-electron chi connectivity index (χ2n) is 12.6. The summed E-state index contributed by atoms with van der Waals surface area (Å²) < 4.78 is 7.09. The number of hydrogen-bond acceptors (Lipinski definition) is 6. The molecule has 0 unspecified atom stereocenters. The van der Waals surface area contributed by atoms with E-state index >= 15 is 0 Å². The summed E-state index contributed by atoms with van der Waals surface area (Å²) >= 11 is 0. The Kier molecular flexibility index (Phi) is 9.65. The van der Waals surface area contributed by atoms with Crippen molar-refractivity contribution in [2.45, 2.75) is 45.2 Å². The first-order valence-electron chi connectivity index (χ1n) is 17.3. The molecular formula is C43H40N6O2. The van der Waals surface area contributed by atoms with Gasteiger partial charge in [-0.25, -0.2) is 4.79 Å². The predicted octanol–water partition coefficient (Wildman–Crippen LogP) is 8.53. The average Bonchev–Trinajstić information content (AvgIpc) is 3.80. The van der Waals surface area contributed by atoms with Crippen LogP contribution in [0.5, 0.6) is 0 Å². The maximum absolute atomic E-state index is 12.8. The minimum absolute atomic E-state index is 0.354. The third-order valence-electron chi connectivity index (χ3n) is 9.44. The van der Waals surface area contributed by atoms with Gasteiger partial charge in [0.05, 0.1) is 18.5 Å². The lowest BCUT2D eigenvalue weighted by Gasteiger charge is -2.34. The fourth-order valence-electron chi connectivity index (χ4n) is 6.94. The molecule has 0 amide bonds. The summed E-state index contributed by atoms with van der Waals surface area (Å²) in [6, 6.07) is 47.6. The largest absolute Gasteiger partial charge is 0.465 e. The smallest absolute Gasteiger partial charge is 0.341 e. The number of unbranched alkanes of at least 4 members (excludes halogenated alkanes) is 1. The number of hydrogen-bond donors (Lipinski definition) is 0. The molecule has 0 fully saturated rings.